The second kappa shape index (κ2) is 6.48. The van der Waals surface area contributed by atoms with Gasteiger partial charge in [-0.25, -0.2) is 0 Å². The van der Waals surface area contributed by atoms with Crippen molar-refractivity contribution in [3.8, 4) is 5.75 Å². The number of halogens is 2. The highest BCUT2D eigenvalue weighted by molar-refractivity contribution is 7.84. The van der Waals surface area contributed by atoms with Crippen LogP contribution in [0.5, 0.6) is 5.75 Å². The van der Waals surface area contributed by atoms with Gasteiger partial charge < -0.3 is 10.5 Å². The molecule has 20 heavy (non-hydrogen) atoms. The lowest BCUT2D eigenvalue weighted by atomic mass is 10.2. The van der Waals surface area contributed by atoms with Gasteiger partial charge in [0, 0.05) is 16.6 Å². The first kappa shape index (κ1) is 15.2. The van der Waals surface area contributed by atoms with Crippen LogP contribution in [0.15, 0.2) is 41.3 Å². The summed E-state index contributed by atoms with van der Waals surface area (Å²) >= 11 is 11.8. The minimum atomic E-state index is -1.23. The van der Waals surface area contributed by atoms with E-state index in [1.807, 2.05) is 6.07 Å². The van der Waals surface area contributed by atoms with Crippen LogP contribution in [0.25, 0.3) is 0 Å². The van der Waals surface area contributed by atoms with E-state index < -0.39 is 10.8 Å². The molecule has 0 heterocycles. The fraction of sp³-hybridized carbons (Fsp3) is 0.143. The Morgan fingerprint density at radius 2 is 1.90 bits per heavy atom. The molecule has 2 N–H and O–H groups in total. The van der Waals surface area contributed by atoms with Crippen molar-refractivity contribution in [3.05, 3.63) is 52.0 Å². The fourth-order valence-corrected chi connectivity index (χ4v) is 3.21. The van der Waals surface area contributed by atoms with Crippen LogP contribution in [0.1, 0.15) is 5.56 Å². The third-order valence-corrected chi connectivity index (χ3v) is 4.79. The number of ether oxygens (including phenoxy) is 1. The van der Waals surface area contributed by atoms with Gasteiger partial charge in [0.25, 0.3) is 0 Å². The zero-order valence-electron chi connectivity index (χ0n) is 10.7. The van der Waals surface area contributed by atoms with Crippen LogP contribution in [0.3, 0.4) is 0 Å². The summed E-state index contributed by atoms with van der Waals surface area (Å²) in [5.74, 6) is 0.977. The number of benzene rings is 2. The van der Waals surface area contributed by atoms with Crippen molar-refractivity contribution >= 4 is 39.7 Å². The standard InChI is InChI=1S/C14H13Cl2NO2S/c1-19-11-5-9(4-10(17)6-11)8-20(18)12-2-3-13(15)14(16)7-12/h2-7H,8,17H2,1H3. The van der Waals surface area contributed by atoms with Crippen molar-refractivity contribution in [2.45, 2.75) is 10.6 Å². The molecule has 2 rings (SSSR count). The molecule has 106 valence electrons. The van der Waals surface area contributed by atoms with Crippen LogP contribution in [-0.2, 0) is 16.6 Å². The van der Waals surface area contributed by atoms with Crippen LogP contribution in [0.4, 0.5) is 5.69 Å². The second-order valence-electron chi connectivity index (χ2n) is 4.18. The fourth-order valence-electron chi connectivity index (χ4n) is 1.74. The summed E-state index contributed by atoms with van der Waals surface area (Å²) in [5.41, 5.74) is 7.19. The molecule has 2 aromatic carbocycles. The van der Waals surface area contributed by atoms with Crippen molar-refractivity contribution in [2.24, 2.45) is 0 Å². The van der Waals surface area contributed by atoms with E-state index in [1.54, 1.807) is 37.4 Å². The van der Waals surface area contributed by atoms with Gasteiger partial charge in [-0.15, -0.1) is 0 Å². The molecule has 2 aromatic rings. The number of rotatable bonds is 4. The maximum Gasteiger partial charge on any atom is 0.121 e. The normalized spacial score (nSPS) is 12.2. The Balaban J connectivity index is 2.23. The lowest BCUT2D eigenvalue weighted by molar-refractivity contribution is 0.414. The molecule has 0 saturated carbocycles. The van der Waals surface area contributed by atoms with Crippen molar-refractivity contribution < 1.29 is 8.95 Å². The molecule has 0 aromatic heterocycles. The lowest BCUT2D eigenvalue weighted by Crippen LogP contribution is -1.99. The Labute approximate surface area is 130 Å². The van der Waals surface area contributed by atoms with E-state index in [-0.39, 0.29) is 0 Å². The number of hydrogen-bond acceptors (Lipinski definition) is 3. The smallest absolute Gasteiger partial charge is 0.121 e. The van der Waals surface area contributed by atoms with E-state index in [9.17, 15) is 4.21 Å². The van der Waals surface area contributed by atoms with Gasteiger partial charge in [-0.05, 0) is 35.9 Å². The summed E-state index contributed by atoms with van der Waals surface area (Å²) in [7, 11) is 0.338. The first-order valence-corrected chi connectivity index (χ1v) is 7.84. The van der Waals surface area contributed by atoms with Crippen LogP contribution in [0.2, 0.25) is 10.0 Å². The summed E-state index contributed by atoms with van der Waals surface area (Å²) in [5, 5.41) is 0.834. The van der Waals surface area contributed by atoms with Crippen molar-refractivity contribution in [1.29, 1.82) is 0 Å². The Morgan fingerprint density at radius 1 is 1.15 bits per heavy atom. The second-order valence-corrected chi connectivity index (χ2v) is 6.45. The zero-order chi connectivity index (χ0) is 14.7. The van der Waals surface area contributed by atoms with E-state index in [0.29, 0.717) is 32.1 Å². The predicted octanol–water partition coefficient (Wildman–Crippen LogP) is 3.89. The summed E-state index contributed by atoms with van der Waals surface area (Å²) in [6.45, 7) is 0. The number of nitrogen functional groups attached to an aromatic ring is 1. The van der Waals surface area contributed by atoms with Gasteiger partial charge in [-0.2, -0.15) is 0 Å². The Hall–Kier alpha value is -1.23. The number of nitrogens with two attached hydrogens (primary N) is 1. The SMILES string of the molecule is COc1cc(N)cc(CS(=O)c2ccc(Cl)c(Cl)c2)c1. The molecule has 1 unspecified atom stereocenters. The zero-order valence-corrected chi connectivity index (χ0v) is 13.1. The summed E-state index contributed by atoms with van der Waals surface area (Å²) in [4.78, 5) is 0.626. The first-order valence-electron chi connectivity index (χ1n) is 5.76. The van der Waals surface area contributed by atoms with Crippen molar-refractivity contribution in [1.82, 2.24) is 0 Å². The summed E-state index contributed by atoms with van der Waals surface area (Å²) < 4.78 is 17.5. The molecule has 0 saturated heterocycles. The minimum Gasteiger partial charge on any atom is -0.497 e. The molecule has 3 nitrogen and oxygen atoms in total. The van der Waals surface area contributed by atoms with Gasteiger partial charge in [0.2, 0.25) is 0 Å². The molecule has 0 aliphatic carbocycles. The number of hydrogen-bond donors (Lipinski definition) is 1. The van der Waals surface area contributed by atoms with E-state index in [0.717, 1.165) is 5.56 Å². The molecular formula is C14H13Cl2NO2S. The molecule has 1 atom stereocenters. The molecule has 0 fully saturated rings. The monoisotopic (exact) mass is 329 g/mol. The largest absolute Gasteiger partial charge is 0.497 e. The van der Waals surface area contributed by atoms with Gasteiger partial charge in [0.1, 0.15) is 5.75 Å². The number of anilines is 1. The van der Waals surface area contributed by atoms with Gasteiger partial charge >= 0.3 is 0 Å². The average molecular weight is 330 g/mol. The third kappa shape index (κ3) is 3.66. The highest BCUT2D eigenvalue weighted by Crippen LogP contribution is 2.26. The molecule has 0 radical (unpaired) electrons. The van der Waals surface area contributed by atoms with Gasteiger partial charge in [-0.1, -0.05) is 23.2 Å². The molecule has 0 spiro atoms. The highest BCUT2D eigenvalue weighted by Gasteiger charge is 2.09. The van der Waals surface area contributed by atoms with Crippen LogP contribution < -0.4 is 10.5 Å². The minimum absolute atomic E-state index is 0.333. The molecule has 0 amide bonds. The number of methoxy groups -OCH3 is 1. The van der Waals surface area contributed by atoms with Crippen molar-refractivity contribution in [2.75, 3.05) is 12.8 Å². The average Bonchev–Trinajstić information content (AvgIpc) is 2.41. The lowest BCUT2D eigenvalue weighted by Gasteiger charge is -2.07. The van der Waals surface area contributed by atoms with E-state index in [1.165, 1.54) is 0 Å². The molecular weight excluding hydrogens is 317 g/mol. The van der Waals surface area contributed by atoms with E-state index >= 15 is 0 Å². The van der Waals surface area contributed by atoms with Gasteiger partial charge in [-0.3, -0.25) is 4.21 Å². The summed E-state index contributed by atoms with van der Waals surface area (Å²) in [6.07, 6.45) is 0. The topological polar surface area (TPSA) is 52.3 Å². The Morgan fingerprint density at radius 3 is 2.55 bits per heavy atom. The Bertz CT molecular complexity index is 662. The highest BCUT2D eigenvalue weighted by atomic mass is 35.5. The third-order valence-electron chi connectivity index (χ3n) is 2.68. The van der Waals surface area contributed by atoms with Crippen LogP contribution in [-0.4, -0.2) is 11.3 Å². The molecule has 6 heteroatoms. The first-order chi connectivity index (χ1) is 9.49. The predicted molar refractivity (Wildman–Crippen MR) is 84.0 cm³/mol. The maximum absolute atomic E-state index is 12.3. The van der Waals surface area contributed by atoms with E-state index in [4.69, 9.17) is 33.7 Å². The molecule has 0 aliphatic rings. The quantitative estimate of drug-likeness (QED) is 0.865. The van der Waals surface area contributed by atoms with Crippen LogP contribution in [0, 0.1) is 0 Å². The molecule has 0 aliphatic heterocycles. The van der Waals surface area contributed by atoms with Crippen LogP contribution >= 0.6 is 23.2 Å². The van der Waals surface area contributed by atoms with Gasteiger partial charge in [0.15, 0.2) is 0 Å². The van der Waals surface area contributed by atoms with E-state index in [2.05, 4.69) is 0 Å². The van der Waals surface area contributed by atoms with Gasteiger partial charge in [0.05, 0.1) is 33.7 Å². The maximum atomic E-state index is 12.3. The van der Waals surface area contributed by atoms with Crippen molar-refractivity contribution in [3.63, 3.8) is 0 Å². The Kier molecular flexibility index (Phi) is 4.91. The summed E-state index contributed by atoms with van der Waals surface area (Å²) in [6, 6.07) is 10.3. The molecule has 0 bridgehead atoms.